The van der Waals surface area contributed by atoms with Gasteiger partial charge < -0.3 is 5.11 Å². The molecule has 0 aromatic carbocycles. The molecule has 0 atom stereocenters. The molecule has 4 heteroatoms. The smallest absolute Gasteiger partial charge is 0.229 e. The molecule has 0 unspecified atom stereocenters. The Kier molecular flexibility index (Phi) is 2.78. The van der Waals surface area contributed by atoms with Crippen LogP contribution in [0.25, 0.3) is 0 Å². The Labute approximate surface area is 89.3 Å². The largest absolute Gasteiger partial charge is 0.388 e. The quantitative estimate of drug-likeness (QED) is 0.688. The molecule has 2 amide bonds. The normalized spacial score (nSPS) is 26.1. The molecule has 1 saturated carbocycles. The zero-order valence-electron chi connectivity index (χ0n) is 8.87. The molecular weight excluding hydrogens is 194 g/mol. The molecule has 0 spiro atoms. The summed E-state index contributed by atoms with van der Waals surface area (Å²) < 4.78 is 0. The highest BCUT2D eigenvalue weighted by molar-refractivity contribution is 5.96. The molecule has 4 nitrogen and oxygen atoms in total. The van der Waals surface area contributed by atoms with Crippen LogP contribution >= 0.6 is 0 Å². The van der Waals surface area contributed by atoms with Crippen molar-refractivity contribution in [1.29, 1.82) is 0 Å². The summed E-state index contributed by atoms with van der Waals surface area (Å²) >= 11 is 0. The van der Waals surface area contributed by atoms with Gasteiger partial charge in [-0.25, -0.2) is 0 Å². The second-order valence-electron chi connectivity index (χ2n) is 4.66. The topological polar surface area (TPSA) is 57.6 Å². The second kappa shape index (κ2) is 3.93. The minimum absolute atomic E-state index is 0.113. The molecule has 2 rings (SSSR count). The summed E-state index contributed by atoms with van der Waals surface area (Å²) in [6, 6.07) is 0. The van der Waals surface area contributed by atoms with Crippen molar-refractivity contribution >= 4 is 11.8 Å². The first-order valence-electron chi connectivity index (χ1n) is 5.66. The number of imide groups is 1. The van der Waals surface area contributed by atoms with Crippen molar-refractivity contribution in [2.75, 3.05) is 6.54 Å². The van der Waals surface area contributed by atoms with Crippen LogP contribution < -0.4 is 0 Å². The summed E-state index contributed by atoms with van der Waals surface area (Å²) in [5.41, 5.74) is -0.782. The average Bonchev–Trinajstić information content (AvgIpc) is 2.30. The molecule has 1 N–H and O–H groups in total. The van der Waals surface area contributed by atoms with Crippen molar-refractivity contribution in [3.05, 3.63) is 0 Å². The van der Waals surface area contributed by atoms with E-state index in [-0.39, 0.29) is 18.4 Å². The van der Waals surface area contributed by atoms with Crippen LogP contribution in [0.4, 0.5) is 0 Å². The summed E-state index contributed by atoms with van der Waals surface area (Å²) in [4.78, 5) is 24.5. The summed E-state index contributed by atoms with van der Waals surface area (Å²) in [6.07, 6.45) is 4.89. The van der Waals surface area contributed by atoms with Gasteiger partial charge in [-0.2, -0.15) is 0 Å². The third-order valence-electron chi connectivity index (χ3n) is 3.37. The lowest BCUT2D eigenvalue weighted by molar-refractivity contribution is -0.151. The van der Waals surface area contributed by atoms with E-state index in [1.54, 1.807) is 0 Å². The molecular formula is C11H17NO3. The lowest BCUT2D eigenvalue weighted by Crippen LogP contribution is -2.51. The second-order valence-corrected chi connectivity index (χ2v) is 4.66. The number of likely N-dealkylation sites (tertiary alicyclic amines) is 1. The van der Waals surface area contributed by atoms with E-state index in [1.165, 1.54) is 4.90 Å². The van der Waals surface area contributed by atoms with E-state index in [9.17, 15) is 14.7 Å². The van der Waals surface area contributed by atoms with Crippen LogP contribution in [0.1, 0.15) is 44.9 Å². The van der Waals surface area contributed by atoms with E-state index >= 15 is 0 Å². The fraction of sp³-hybridized carbons (Fsp3) is 0.818. The first-order valence-corrected chi connectivity index (χ1v) is 5.66. The average molecular weight is 211 g/mol. The van der Waals surface area contributed by atoms with E-state index in [0.717, 1.165) is 19.3 Å². The van der Waals surface area contributed by atoms with Gasteiger partial charge in [0, 0.05) is 12.8 Å². The summed E-state index contributed by atoms with van der Waals surface area (Å²) in [7, 11) is 0. The van der Waals surface area contributed by atoms with Gasteiger partial charge in [0.2, 0.25) is 11.8 Å². The number of hydrogen-bond donors (Lipinski definition) is 1. The van der Waals surface area contributed by atoms with Gasteiger partial charge in [0.1, 0.15) is 0 Å². The van der Waals surface area contributed by atoms with Crippen molar-refractivity contribution in [2.45, 2.75) is 50.5 Å². The Morgan fingerprint density at radius 3 is 2.00 bits per heavy atom. The number of amides is 2. The SMILES string of the molecule is O=C1CCCCC(=O)N1CC1(O)CCC1. The predicted octanol–water partition coefficient (Wildman–Crippen LogP) is 0.831. The standard InChI is InChI=1S/C11H17NO3/c13-9-4-1-2-5-10(14)12(9)8-11(15)6-3-7-11/h15H,1-8H2. The molecule has 0 radical (unpaired) electrons. The Morgan fingerprint density at radius 1 is 1.07 bits per heavy atom. The van der Waals surface area contributed by atoms with Crippen LogP contribution in [0.2, 0.25) is 0 Å². The van der Waals surface area contributed by atoms with Crippen LogP contribution in [-0.4, -0.2) is 34.0 Å². The molecule has 2 aliphatic rings. The van der Waals surface area contributed by atoms with Crippen molar-refractivity contribution in [3.8, 4) is 0 Å². The van der Waals surface area contributed by atoms with E-state index in [1.807, 2.05) is 0 Å². The number of nitrogens with zero attached hydrogens (tertiary/aromatic N) is 1. The monoisotopic (exact) mass is 211 g/mol. The molecule has 0 aromatic heterocycles. The fourth-order valence-corrected chi connectivity index (χ4v) is 2.18. The van der Waals surface area contributed by atoms with Gasteiger partial charge in [-0.3, -0.25) is 14.5 Å². The number of carbonyl (C=O) groups excluding carboxylic acids is 2. The predicted molar refractivity (Wildman–Crippen MR) is 54.0 cm³/mol. The number of rotatable bonds is 2. The van der Waals surface area contributed by atoms with Crippen molar-refractivity contribution in [3.63, 3.8) is 0 Å². The van der Waals surface area contributed by atoms with E-state index in [2.05, 4.69) is 0 Å². The minimum atomic E-state index is -0.782. The molecule has 0 aromatic rings. The molecule has 1 aliphatic heterocycles. The maximum Gasteiger partial charge on any atom is 0.229 e. The number of β-amino-alcohol motifs (C(OH)–C–C–N with tert-alkyl or cyclic N) is 1. The van der Waals surface area contributed by atoms with Gasteiger partial charge in [-0.05, 0) is 32.1 Å². The van der Waals surface area contributed by atoms with Gasteiger partial charge in [-0.1, -0.05) is 0 Å². The van der Waals surface area contributed by atoms with Gasteiger partial charge in [0.05, 0.1) is 12.1 Å². The van der Waals surface area contributed by atoms with Gasteiger partial charge in [-0.15, -0.1) is 0 Å². The highest BCUT2D eigenvalue weighted by Gasteiger charge is 2.39. The van der Waals surface area contributed by atoms with Gasteiger partial charge in [0.15, 0.2) is 0 Å². The summed E-state index contributed by atoms with van der Waals surface area (Å²) in [5.74, 6) is -0.226. The molecule has 2 fully saturated rings. The lowest BCUT2D eigenvalue weighted by atomic mass is 9.80. The van der Waals surface area contributed by atoms with E-state index in [4.69, 9.17) is 0 Å². The minimum Gasteiger partial charge on any atom is -0.388 e. The number of hydrogen-bond acceptors (Lipinski definition) is 3. The molecule has 1 saturated heterocycles. The van der Waals surface area contributed by atoms with Gasteiger partial charge in [0.25, 0.3) is 0 Å². The molecule has 0 bridgehead atoms. The van der Waals surface area contributed by atoms with E-state index < -0.39 is 5.60 Å². The highest BCUT2D eigenvalue weighted by atomic mass is 16.3. The van der Waals surface area contributed by atoms with Crippen LogP contribution in [0.5, 0.6) is 0 Å². The lowest BCUT2D eigenvalue weighted by Gasteiger charge is -2.39. The maximum atomic E-state index is 11.6. The molecule has 84 valence electrons. The first kappa shape index (κ1) is 10.6. The van der Waals surface area contributed by atoms with Crippen LogP contribution in [0.3, 0.4) is 0 Å². The van der Waals surface area contributed by atoms with E-state index in [0.29, 0.717) is 25.7 Å². The number of aliphatic hydroxyl groups is 1. The van der Waals surface area contributed by atoms with Crippen molar-refractivity contribution in [2.24, 2.45) is 0 Å². The zero-order valence-corrected chi connectivity index (χ0v) is 8.87. The molecule has 1 aliphatic carbocycles. The van der Waals surface area contributed by atoms with Crippen LogP contribution in [0, 0.1) is 0 Å². The summed E-state index contributed by atoms with van der Waals surface area (Å²) in [5, 5.41) is 9.94. The Morgan fingerprint density at radius 2 is 1.60 bits per heavy atom. The maximum absolute atomic E-state index is 11.6. The Bertz CT molecular complexity index is 266. The van der Waals surface area contributed by atoms with Crippen LogP contribution in [-0.2, 0) is 9.59 Å². The third kappa shape index (κ3) is 2.20. The van der Waals surface area contributed by atoms with Crippen molar-refractivity contribution < 1.29 is 14.7 Å². The molecule has 15 heavy (non-hydrogen) atoms. The third-order valence-corrected chi connectivity index (χ3v) is 3.37. The first-order chi connectivity index (χ1) is 7.11. The van der Waals surface area contributed by atoms with Crippen molar-refractivity contribution in [1.82, 2.24) is 4.90 Å². The number of carbonyl (C=O) groups is 2. The zero-order chi connectivity index (χ0) is 10.9. The Hall–Kier alpha value is -0.900. The van der Waals surface area contributed by atoms with Gasteiger partial charge >= 0.3 is 0 Å². The summed E-state index contributed by atoms with van der Waals surface area (Å²) in [6.45, 7) is 0.213. The van der Waals surface area contributed by atoms with Crippen LogP contribution in [0.15, 0.2) is 0 Å². The molecule has 1 heterocycles. The fourth-order valence-electron chi connectivity index (χ4n) is 2.18. The Balaban J connectivity index is 2.03. The highest BCUT2D eigenvalue weighted by Crippen LogP contribution is 2.33.